The number of rotatable bonds is 5. The van der Waals surface area contributed by atoms with Crippen LogP contribution in [0.1, 0.15) is 32.0 Å². The lowest BCUT2D eigenvalue weighted by molar-refractivity contribution is 0.180. The van der Waals surface area contributed by atoms with Gasteiger partial charge in [-0.15, -0.1) is 11.6 Å². The standard InChI is InChI=1S/C12H21ClN4/c1-2-5-17-12(14-10-15-17)9-16-6-3-11(8-13)4-7-16/h10-11H,2-9H2,1H3. The predicted octanol–water partition coefficient (Wildman–Crippen LogP) is 2.14. The van der Waals surface area contributed by atoms with Crippen LogP contribution in [0, 0.1) is 5.92 Å². The molecule has 0 atom stereocenters. The first-order valence-electron chi connectivity index (χ1n) is 6.48. The second kappa shape index (κ2) is 6.36. The van der Waals surface area contributed by atoms with E-state index in [2.05, 4.69) is 21.9 Å². The van der Waals surface area contributed by atoms with Crippen LogP contribution >= 0.6 is 11.6 Å². The van der Waals surface area contributed by atoms with Gasteiger partial charge in [0.05, 0.1) is 6.54 Å². The van der Waals surface area contributed by atoms with Gasteiger partial charge in [-0.05, 0) is 38.3 Å². The number of hydrogen-bond donors (Lipinski definition) is 0. The Balaban J connectivity index is 1.86. The topological polar surface area (TPSA) is 34.0 Å². The Kier molecular flexibility index (Phi) is 4.80. The lowest BCUT2D eigenvalue weighted by atomic mass is 9.99. The van der Waals surface area contributed by atoms with E-state index >= 15 is 0 Å². The fourth-order valence-electron chi connectivity index (χ4n) is 2.31. The van der Waals surface area contributed by atoms with Crippen molar-refractivity contribution in [3.05, 3.63) is 12.2 Å². The third-order valence-electron chi connectivity index (χ3n) is 3.42. The Hall–Kier alpha value is -0.610. The first kappa shape index (κ1) is 12.8. The van der Waals surface area contributed by atoms with Crippen LogP contribution in [-0.4, -0.2) is 38.6 Å². The van der Waals surface area contributed by atoms with Crippen LogP contribution in [0.3, 0.4) is 0 Å². The first-order valence-corrected chi connectivity index (χ1v) is 7.02. The summed E-state index contributed by atoms with van der Waals surface area (Å²) in [5.74, 6) is 2.61. The molecule has 17 heavy (non-hydrogen) atoms. The maximum Gasteiger partial charge on any atom is 0.141 e. The van der Waals surface area contributed by atoms with E-state index in [1.54, 1.807) is 6.33 Å². The molecule has 0 amide bonds. The van der Waals surface area contributed by atoms with Crippen LogP contribution in [0.5, 0.6) is 0 Å². The third-order valence-corrected chi connectivity index (χ3v) is 3.86. The number of hydrogen-bond acceptors (Lipinski definition) is 3. The molecule has 0 radical (unpaired) electrons. The maximum absolute atomic E-state index is 5.89. The Morgan fingerprint density at radius 3 is 2.82 bits per heavy atom. The summed E-state index contributed by atoms with van der Waals surface area (Å²) in [7, 11) is 0. The van der Waals surface area contributed by atoms with Crippen molar-refractivity contribution in [2.24, 2.45) is 5.92 Å². The maximum atomic E-state index is 5.89. The molecule has 1 saturated heterocycles. The zero-order chi connectivity index (χ0) is 12.1. The highest BCUT2D eigenvalue weighted by atomic mass is 35.5. The average molecular weight is 257 g/mol. The summed E-state index contributed by atoms with van der Waals surface area (Å²) in [6.45, 7) is 6.33. The number of alkyl halides is 1. The number of aromatic nitrogens is 3. The van der Waals surface area contributed by atoms with Crippen molar-refractivity contribution in [3.8, 4) is 0 Å². The fourth-order valence-corrected chi connectivity index (χ4v) is 2.62. The summed E-state index contributed by atoms with van der Waals surface area (Å²) in [6, 6.07) is 0. The van der Waals surface area contributed by atoms with Gasteiger partial charge in [-0.1, -0.05) is 6.92 Å². The minimum absolute atomic E-state index is 0.710. The molecule has 0 N–H and O–H groups in total. The SMILES string of the molecule is CCCn1ncnc1CN1CCC(CCl)CC1. The molecule has 1 aliphatic heterocycles. The molecular weight excluding hydrogens is 236 g/mol. The molecule has 1 aromatic heterocycles. The second-order valence-corrected chi connectivity index (χ2v) is 5.08. The van der Waals surface area contributed by atoms with Gasteiger partial charge in [0.15, 0.2) is 0 Å². The smallest absolute Gasteiger partial charge is 0.141 e. The molecule has 0 bridgehead atoms. The summed E-state index contributed by atoms with van der Waals surface area (Å²) >= 11 is 5.89. The molecule has 2 heterocycles. The Morgan fingerprint density at radius 1 is 1.41 bits per heavy atom. The van der Waals surface area contributed by atoms with Crippen LogP contribution in [0.2, 0.25) is 0 Å². The predicted molar refractivity (Wildman–Crippen MR) is 69.0 cm³/mol. The normalized spacial score (nSPS) is 18.7. The van der Waals surface area contributed by atoms with E-state index in [1.165, 1.54) is 12.8 Å². The number of likely N-dealkylation sites (tertiary alicyclic amines) is 1. The molecule has 0 aliphatic carbocycles. The fraction of sp³-hybridized carbons (Fsp3) is 0.833. The van der Waals surface area contributed by atoms with Crippen molar-refractivity contribution in [1.29, 1.82) is 0 Å². The van der Waals surface area contributed by atoms with E-state index < -0.39 is 0 Å². The molecule has 0 aromatic carbocycles. The van der Waals surface area contributed by atoms with Crippen LogP contribution < -0.4 is 0 Å². The summed E-state index contributed by atoms with van der Waals surface area (Å²) in [4.78, 5) is 6.81. The molecule has 4 nitrogen and oxygen atoms in total. The summed E-state index contributed by atoms with van der Waals surface area (Å²) < 4.78 is 2.02. The van der Waals surface area contributed by atoms with Crippen LogP contribution in [0.4, 0.5) is 0 Å². The van der Waals surface area contributed by atoms with Crippen molar-refractivity contribution in [1.82, 2.24) is 19.7 Å². The van der Waals surface area contributed by atoms with E-state index in [4.69, 9.17) is 11.6 Å². The van der Waals surface area contributed by atoms with Gasteiger partial charge in [-0.25, -0.2) is 9.67 Å². The van der Waals surface area contributed by atoms with E-state index in [0.717, 1.165) is 44.3 Å². The largest absolute Gasteiger partial charge is 0.296 e. The van der Waals surface area contributed by atoms with Gasteiger partial charge in [0.2, 0.25) is 0 Å². The van der Waals surface area contributed by atoms with Crippen molar-refractivity contribution >= 4 is 11.6 Å². The molecule has 96 valence electrons. The van der Waals surface area contributed by atoms with Gasteiger partial charge in [0.1, 0.15) is 12.2 Å². The highest BCUT2D eigenvalue weighted by Crippen LogP contribution is 2.19. The lowest BCUT2D eigenvalue weighted by Gasteiger charge is -2.30. The Bertz CT molecular complexity index is 331. The molecule has 0 saturated carbocycles. The van der Waals surface area contributed by atoms with Crippen LogP contribution in [-0.2, 0) is 13.1 Å². The van der Waals surface area contributed by atoms with Crippen molar-refractivity contribution in [2.45, 2.75) is 39.3 Å². The zero-order valence-electron chi connectivity index (χ0n) is 10.5. The summed E-state index contributed by atoms with van der Waals surface area (Å²) in [6.07, 6.45) is 5.19. The second-order valence-electron chi connectivity index (χ2n) is 4.77. The molecule has 5 heteroatoms. The zero-order valence-corrected chi connectivity index (χ0v) is 11.2. The number of aryl methyl sites for hydroxylation is 1. The van der Waals surface area contributed by atoms with E-state index in [1.807, 2.05) is 4.68 Å². The van der Waals surface area contributed by atoms with E-state index in [-0.39, 0.29) is 0 Å². The van der Waals surface area contributed by atoms with E-state index in [0.29, 0.717) is 5.92 Å². The number of halogens is 1. The van der Waals surface area contributed by atoms with Crippen molar-refractivity contribution in [2.75, 3.05) is 19.0 Å². The Morgan fingerprint density at radius 2 is 2.18 bits per heavy atom. The average Bonchev–Trinajstić information content (AvgIpc) is 2.78. The first-order chi connectivity index (χ1) is 8.33. The van der Waals surface area contributed by atoms with Gasteiger partial charge >= 0.3 is 0 Å². The molecule has 0 unspecified atom stereocenters. The molecule has 1 fully saturated rings. The van der Waals surface area contributed by atoms with Gasteiger partial charge in [-0.3, -0.25) is 4.90 Å². The lowest BCUT2D eigenvalue weighted by Crippen LogP contribution is -2.34. The summed E-state index contributed by atoms with van der Waals surface area (Å²) in [5, 5.41) is 4.26. The highest BCUT2D eigenvalue weighted by Gasteiger charge is 2.19. The monoisotopic (exact) mass is 256 g/mol. The molecule has 2 rings (SSSR count). The Labute approximate surface area is 108 Å². The minimum atomic E-state index is 0.710. The molecular formula is C12H21ClN4. The summed E-state index contributed by atoms with van der Waals surface area (Å²) in [5.41, 5.74) is 0. The van der Waals surface area contributed by atoms with Gasteiger partial charge in [0.25, 0.3) is 0 Å². The molecule has 1 aromatic rings. The van der Waals surface area contributed by atoms with Crippen LogP contribution in [0.15, 0.2) is 6.33 Å². The van der Waals surface area contributed by atoms with E-state index in [9.17, 15) is 0 Å². The van der Waals surface area contributed by atoms with Crippen molar-refractivity contribution in [3.63, 3.8) is 0 Å². The molecule has 0 spiro atoms. The van der Waals surface area contributed by atoms with Gasteiger partial charge in [-0.2, -0.15) is 5.10 Å². The molecule has 1 aliphatic rings. The number of nitrogens with zero attached hydrogens (tertiary/aromatic N) is 4. The van der Waals surface area contributed by atoms with Gasteiger partial charge < -0.3 is 0 Å². The van der Waals surface area contributed by atoms with Crippen LogP contribution in [0.25, 0.3) is 0 Å². The quantitative estimate of drug-likeness (QED) is 0.757. The number of piperidine rings is 1. The minimum Gasteiger partial charge on any atom is -0.296 e. The van der Waals surface area contributed by atoms with Crippen molar-refractivity contribution < 1.29 is 0 Å². The van der Waals surface area contributed by atoms with Gasteiger partial charge in [0, 0.05) is 12.4 Å². The highest BCUT2D eigenvalue weighted by molar-refractivity contribution is 6.18. The third kappa shape index (κ3) is 3.42.